The molecule has 2 heterocycles. The van der Waals surface area contributed by atoms with Gasteiger partial charge >= 0.3 is 0 Å². The minimum absolute atomic E-state index is 0.717. The largest absolute Gasteiger partial charge is 0.297 e. The second-order valence-electron chi connectivity index (χ2n) is 7.01. The van der Waals surface area contributed by atoms with E-state index < -0.39 is 0 Å². The summed E-state index contributed by atoms with van der Waals surface area (Å²) in [4.78, 5) is 9.74. The van der Waals surface area contributed by atoms with Gasteiger partial charge < -0.3 is 0 Å². The molecule has 28 heavy (non-hydrogen) atoms. The van der Waals surface area contributed by atoms with E-state index in [1.54, 1.807) is 11.3 Å². The van der Waals surface area contributed by atoms with Crippen LogP contribution in [0.5, 0.6) is 0 Å². The van der Waals surface area contributed by atoms with Gasteiger partial charge in [0.25, 0.3) is 0 Å². The molecule has 0 bridgehead atoms. The number of halogens is 1. The van der Waals surface area contributed by atoms with Crippen molar-refractivity contribution in [1.29, 1.82) is 5.26 Å². The number of rotatable bonds is 5. The lowest BCUT2D eigenvalue weighted by atomic mass is 10.1. The Morgan fingerprint density at radius 3 is 2.21 bits per heavy atom. The Balaban J connectivity index is 1.28. The summed E-state index contributed by atoms with van der Waals surface area (Å²) in [5.74, 6) is 0. The molecule has 6 heteroatoms. The van der Waals surface area contributed by atoms with E-state index in [0.717, 1.165) is 66.1 Å². The van der Waals surface area contributed by atoms with Gasteiger partial charge in [-0.05, 0) is 29.8 Å². The zero-order chi connectivity index (χ0) is 19.3. The van der Waals surface area contributed by atoms with Crippen LogP contribution < -0.4 is 0 Å². The number of aromatic nitrogens is 1. The van der Waals surface area contributed by atoms with Crippen molar-refractivity contribution in [3.8, 4) is 16.6 Å². The lowest BCUT2D eigenvalue weighted by molar-refractivity contribution is 0.121. The summed E-state index contributed by atoms with van der Waals surface area (Å²) in [5, 5.41) is 12.9. The number of piperazine rings is 1. The number of hydrogen-bond donors (Lipinski definition) is 0. The van der Waals surface area contributed by atoms with Gasteiger partial charge in [-0.25, -0.2) is 4.98 Å². The van der Waals surface area contributed by atoms with Crippen LogP contribution in [-0.4, -0.2) is 41.0 Å². The Bertz CT molecular complexity index is 951. The third-order valence-corrected chi connectivity index (χ3v) is 6.17. The first-order valence-electron chi connectivity index (χ1n) is 9.34. The highest BCUT2D eigenvalue weighted by molar-refractivity contribution is 7.13. The average Bonchev–Trinajstić information content (AvgIpc) is 3.19. The normalized spacial score (nSPS) is 15.4. The Labute approximate surface area is 174 Å². The molecule has 1 aromatic heterocycles. The van der Waals surface area contributed by atoms with E-state index in [-0.39, 0.29) is 0 Å². The van der Waals surface area contributed by atoms with Crippen LogP contribution in [0.25, 0.3) is 10.6 Å². The quantitative estimate of drug-likeness (QED) is 0.616. The highest BCUT2D eigenvalue weighted by Gasteiger charge is 2.18. The van der Waals surface area contributed by atoms with E-state index in [2.05, 4.69) is 33.4 Å². The van der Waals surface area contributed by atoms with E-state index in [4.69, 9.17) is 21.8 Å². The van der Waals surface area contributed by atoms with Crippen LogP contribution in [0.4, 0.5) is 0 Å². The number of nitriles is 1. The number of benzene rings is 2. The summed E-state index contributed by atoms with van der Waals surface area (Å²) in [6.45, 7) is 6.03. The molecule has 0 spiro atoms. The molecule has 0 atom stereocenters. The van der Waals surface area contributed by atoms with Crippen molar-refractivity contribution in [3.63, 3.8) is 0 Å². The van der Waals surface area contributed by atoms with Crippen LogP contribution in [0.2, 0.25) is 5.02 Å². The maximum absolute atomic E-state index is 8.90. The molecular weight excluding hydrogens is 388 g/mol. The van der Waals surface area contributed by atoms with Gasteiger partial charge in [0.15, 0.2) is 0 Å². The minimum Gasteiger partial charge on any atom is -0.297 e. The number of hydrogen-bond acceptors (Lipinski definition) is 5. The summed E-state index contributed by atoms with van der Waals surface area (Å²) < 4.78 is 0. The molecule has 142 valence electrons. The van der Waals surface area contributed by atoms with E-state index in [1.165, 1.54) is 5.56 Å². The first-order valence-corrected chi connectivity index (χ1v) is 10.6. The molecule has 1 aliphatic heterocycles. The van der Waals surface area contributed by atoms with Gasteiger partial charge in [-0.15, -0.1) is 11.3 Å². The maximum atomic E-state index is 8.90. The SMILES string of the molecule is N#Cc1ccc(CN2CCN(Cc3csc(-c4ccc(Cl)cc4)n3)CC2)cc1. The average molecular weight is 409 g/mol. The van der Waals surface area contributed by atoms with Crippen LogP contribution in [0.15, 0.2) is 53.9 Å². The van der Waals surface area contributed by atoms with Crippen molar-refractivity contribution >= 4 is 22.9 Å². The molecule has 2 aromatic carbocycles. The number of nitrogens with zero attached hydrogens (tertiary/aromatic N) is 4. The second kappa shape index (κ2) is 8.85. The summed E-state index contributed by atoms with van der Waals surface area (Å²) >= 11 is 7.66. The predicted octanol–water partition coefficient (Wildman–Crippen LogP) is 4.65. The summed E-state index contributed by atoms with van der Waals surface area (Å²) in [5.41, 5.74) is 4.23. The summed E-state index contributed by atoms with van der Waals surface area (Å²) in [6, 6.07) is 17.9. The molecule has 3 aromatic rings. The van der Waals surface area contributed by atoms with Crippen LogP contribution in [-0.2, 0) is 13.1 Å². The molecule has 0 aliphatic carbocycles. The summed E-state index contributed by atoms with van der Waals surface area (Å²) in [7, 11) is 0. The fourth-order valence-electron chi connectivity index (χ4n) is 3.38. The minimum atomic E-state index is 0.717. The van der Waals surface area contributed by atoms with Gasteiger partial charge in [-0.1, -0.05) is 35.9 Å². The van der Waals surface area contributed by atoms with Gasteiger partial charge in [0.2, 0.25) is 0 Å². The molecule has 1 fully saturated rings. The zero-order valence-electron chi connectivity index (χ0n) is 15.5. The van der Waals surface area contributed by atoms with E-state index in [1.807, 2.05) is 36.4 Å². The van der Waals surface area contributed by atoms with Gasteiger partial charge in [-0.3, -0.25) is 9.80 Å². The van der Waals surface area contributed by atoms with E-state index >= 15 is 0 Å². The van der Waals surface area contributed by atoms with Crippen LogP contribution in [0.3, 0.4) is 0 Å². The van der Waals surface area contributed by atoms with Gasteiger partial charge in [0, 0.05) is 55.2 Å². The molecular formula is C22H21ClN4S. The van der Waals surface area contributed by atoms with Crippen molar-refractivity contribution < 1.29 is 0 Å². The third kappa shape index (κ3) is 4.78. The molecule has 4 nitrogen and oxygen atoms in total. The number of thiazole rings is 1. The van der Waals surface area contributed by atoms with Crippen LogP contribution in [0, 0.1) is 11.3 Å². The lowest BCUT2D eigenvalue weighted by Gasteiger charge is -2.34. The molecule has 0 N–H and O–H groups in total. The molecule has 4 rings (SSSR count). The topological polar surface area (TPSA) is 43.2 Å². The Morgan fingerprint density at radius 1 is 0.929 bits per heavy atom. The Kier molecular flexibility index (Phi) is 6.04. The highest BCUT2D eigenvalue weighted by atomic mass is 35.5. The van der Waals surface area contributed by atoms with Crippen molar-refractivity contribution in [1.82, 2.24) is 14.8 Å². The lowest BCUT2D eigenvalue weighted by Crippen LogP contribution is -2.45. The zero-order valence-corrected chi connectivity index (χ0v) is 17.1. The van der Waals surface area contributed by atoms with Crippen LogP contribution in [0.1, 0.15) is 16.8 Å². The molecule has 1 saturated heterocycles. The van der Waals surface area contributed by atoms with Crippen molar-refractivity contribution in [2.24, 2.45) is 0 Å². The molecule has 1 aliphatic rings. The second-order valence-corrected chi connectivity index (χ2v) is 8.31. The van der Waals surface area contributed by atoms with Crippen molar-refractivity contribution in [2.75, 3.05) is 26.2 Å². The molecule has 0 saturated carbocycles. The highest BCUT2D eigenvalue weighted by Crippen LogP contribution is 2.25. The van der Waals surface area contributed by atoms with E-state index in [9.17, 15) is 0 Å². The van der Waals surface area contributed by atoms with Gasteiger partial charge in [-0.2, -0.15) is 5.26 Å². The van der Waals surface area contributed by atoms with Gasteiger partial charge in [0.1, 0.15) is 5.01 Å². The first kappa shape index (κ1) is 19.1. The van der Waals surface area contributed by atoms with Crippen molar-refractivity contribution in [3.05, 3.63) is 75.8 Å². The van der Waals surface area contributed by atoms with Crippen molar-refractivity contribution in [2.45, 2.75) is 13.1 Å². The maximum Gasteiger partial charge on any atom is 0.123 e. The summed E-state index contributed by atoms with van der Waals surface area (Å²) in [6.07, 6.45) is 0. The Hall–Kier alpha value is -2.23. The fraction of sp³-hybridized carbons (Fsp3) is 0.273. The monoisotopic (exact) mass is 408 g/mol. The Morgan fingerprint density at radius 2 is 1.57 bits per heavy atom. The standard InChI is InChI=1S/C22H21ClN4S/c23-20-7-5-19(6-8-20)22-25-21(16-28-22)15-27-11-9-26(10-12-27)14-18-3-1-17(13-24)2-4-18/h1-8,16H,9-12,14-15H2. The van der Waals surface area contributed by atoms with Gasteiger partial charge in [0.05, 0.1) is 17.3 Å². The molecule has 0 amide bonds. The van der Waals surface area contributed by atoms with Crippen LogP contribution >= 0.6 is 22.9 Å². The van der Waals surface area contributed by atoms with E-state index in [0.29, 0.717) is 0 Å². The predicted molar refractivity (Wildman–Crippen MR) is 114 cm³/mol. The smallest absolute Gasteiger partial charge is 0.123 e. The molecule has 0 radical (unpaired) electrons. The molecule has 0 unspecified atom stereocenters. The third-order valence-electron chi connectivity index (χ3n) is 4.98. The fourth-order valence-corrected chi connectivity index (χ4v) is 4.33. The first-order chi connectivity index (χ1) is 13.7.